The van der Waals surface area contributed by atoms with Gasteiger partial charge in [-0.15, -0.1) is 0 Å². The van der Waals surface area contributed by atoms with Crippen molar-refractivity contribution in [3.63, 3.8) is 0 Å². The number of esters is 1. The Kier molecular flexibility index (Phi) is 4.31. The maximum Gasteiger partial charge on any atom is 0.358 e. The molecule has 0 amide bonds. The van der Waals surface area contributed by atoms with E-state index in [1.165, 1.54) is 6.92 Å². The highest BCUT2D eigenvalue weighted by Gasteiger charge is 2.21. The van der Waals surface area contributed by atoms with E-state index >= 15 is 0 Å². The van der Waals surface area contributed by atoms with Crippen molar-refractivity contribution in [2.75, 3.05) is 6.61 Å². The molecule has 8 nitrogen and oxygen atoms in total. The molecular formula is C14H16N4O4. The molecule has 0 radical (unpaired) electrons. The second-order valence-corrected chi connectivity index (χ2v) is 4.46. The van der Waals surface area contributed by atoms with Gasteiger partial charge in [0.15, 0.2) is 5.70 Å². The van der Waals surface area contributed by atoms with E-state index in [9.17, 15) is 14.4 Å². The molecule has 0 bridgehead atoms. The summed E-state index contributed by atoms with van der Waals surface area (Å²) < 4.78 is 6.56. The number of ether oxygens (including phenoxy) is 1. The molecule has 2 rings (SSSR count). The molecule has 0 spiro atoms. The normalized spacial score (nSPS) is 11.9. The van der Waals surface area contributed by atoms with Crippen molar-refractivity contribution < 1.29 is 9.53 Å². The third-order valence-corrected chi connectivity index (χ3v) is 2.87. The van der Waals surface area contributed by atoms with Crippen LogP contribution in [-0.2, 0) is 9.53 Å². The average molecular weight is 304 g/mol. The van der Waals surface area contributed by atoms with Gasteiger partial charge in [0.25, 0.3) is 0 Å². The highest BCUT2D eigenvalue weighted by Crippen LogP contribution is 2.07. The molecule has 2 aromatic rings. The monoisotopic (exact) mass is 304 g/mol. The van der Waals surface area contributed by atoms with Crippen molar-refractivity contribution in [1.82, 2.24) is 14.3 Å². The van der Waals surface area contributed by atoms with Gasteiger partial charge in [-0.25, -0.2) is 24.0 Å². The summed E-state index contributed by atoms with van der Waals surface area (Å²) in [5.74, 6) is -0.786. The van der Waals surface area contributed by atoms with Gasteiger partial charge in [-0.1, -0.05) is 18.2 Å². The van der Waals surface area contributed by atoms with Crippen LogP contribution < -0.4 is 17.1 Å². The van der Waals surface area contributed by atoms with Gasteiger partial charge < -0.3 is 10.5 Å². The van der Waals surface area contributed by atoms with Crippen molar-refractivity contribution in [2.45, 2.75) is 13.8 Å². The molecule has 22 heavy (non-hydrogen) atoms. The number of nitrogens with zero attached hydrogens (tertiary/aromatic N) is 2. The van der Waals surface area contributed by atoms with Crippen molar-refractivity contribution in [3.8, 4) is 5.69 Å². The van der Waals surface area contributed by atoms with Crippen molar-refractivity contribution in [2.24, 2.45) is 5.73 Å². The smallest absolute Gasteiger partial charge is 0.358 e. The Hall–Kier alpha value is -3.03. The number of nitrogens with two attached hydrogens (primary N) is 1. The molecule has 0 aliphatic heterocycles. The molecule has 1 aromatic heterocycles. The number of para-hydroxylation sites is 1. The van der Waals surface area contributed by atoms with E-state index < -0.39 is 17.3 Å². The molecule has 0 saturated carbocycles. The van der Waals surface area contributed by atoms with Crippen LogP contribution in [0.15, 0.2) is 45.6 Å². The van der Waals surface area contributed by atoms with E-state index in [4.69, 9.17) is 10.5 Å². The summed E-state index contributed by atoms with van der Waals surface area (Å²) in [6.45, 7) is 3.19. The summed E-state index contributed by atoms with van der Waals surface area (Å²) in [7, 11) is 0. The first-order valence-corrected chi connectivity index (χ1v) is 6.60. The summed E-state index contributed by atoms with van der Waals surface area (Å²) >= 11 is 0. The van der Waals surface area contributed by atoms with Gasteiger partial charge in [-0.2, -0.15) is 4.68 Å². The van der Waals surface area contributed by atoms with Crippen molar-refractivity contribution in [1.29, 1.82) is 0 Å². The largest absolute Gasteiger partial charge is 0.461 e. The van der Waals surface area contributed by atoms with Crippen LogP contribution in [0.1, 0.15) is 13.8 Å². The van der Waals surface area contributed by atoms with Crippen LogP contribution in [0, 0.1) is 0 Å². The van der Waals surface area contributed by atoms with E-state index in [1.807, 2.05) is 0 Å². The molecule has 0 aliphatic carbocycles. The van der Waals surface area contributed by atoms with Crippen molar-refractivity contribution in [3.05, 3.63) is 57.0 Å². The highest BCUT2D eigenvalue weighted by atomic mass is 16.5. The molecule has 0 fully saturated rings. The topological polar surface area (TPSA) is 112 Å². The molecule has 1 heterocycles. The Balaban J connectivity index is 2.65. The lowest BCUT2D eigenvalue weighted by Gasteiger charge is -2.08. The lowest BCUT2D eigenvalue weighted by Crippen LogP contribution is -2.30. The minimum absolute atomic E-state index is 0.0574. The minimum atomic E-state index is -0.786. The average Bonchev–Trinajstić information content (AvgIpc) is 2.75. The summed E-state index contributed by atoms with van der Waals surface area (Å²) in [5.41, 5.74) is 4.47. The lowest BCUT2D eigenvalue weighted by molar-refractivity contribution is -0.136. The molecule has 0 unspecified atom stereocenters. The minimum Gasteiger partial charge on any atom is -0.461 e. The molecule has 116 valence electrons. The number of rotatable bonds is 4. The van der Waals surface area contributed by atoms with Crippen LogP contribution in [0.4, 0.5) is 0 Å². The first kappa shape index (κ1) is 15.4. The Labute approximate surface area is 125 Å². The lowest BCUT2D eigenvalue weighted by atomic mass is 10.3. The number of H-pyrrole nitrogens is 1. The zero-order valence-electron chi connectivity index (χ0n) is 12.2. The maximum absolute atomic E-state index is 12.4. The number of nitrogens with one attached hydrogen (secondary N) is 1. The number of carbonyl (C=O) groups excluding carboxylic acids is 1. The van der Waals surface area contributed by atoms with Crippen LogP contribution in [-0.4, -0.2) is 26.9 Å². The van der Waals surface area contributed by atoms with Crippen LogP contribution in [0.5, 0.6) is 0 Å². The van der Waals surface area contributed by atoms with Crippen LogP contribution in [0.25, 0.3) is 11.4 Å². The number of carbonyl (C=O) groups is 1. The summed E-state index contributed by atoms with van der Waals surface area (Å²) in [4.78, 5) is 36.4. The molecule has 8 heteroatoms. The quantitative estimate of drug-likeness (QED) is 0.611. The fourth-order valence-electron chi connectivity index (χ4n) is 1.96. The van der Waals surface area contributed by atoms with Gasteiger partial charge in [0.05, 0.1) is 12.3 Å². The first-order chi connectivity index (χ1) is 10.5. The Morgan fingerprint density at radius 3 is 2.45 bits per heavy atom. The number of allylic oxidation sites excluding steroid dienone is 1. The van der Waals surface area contributed by atoms with Crippen LogP contribution in [0.2, 0.25) is 0 Å². The third kappa shape index (κ3) is 2.71. The second-order valence-electron chi connectivity index (χ2n) is 4.46. The number of benzene rings is 1. The van der Waals surface area contributed by atoms with E-state index in [0.29, 0.717) is 5.69 Å². The van der Waals surface area contributed by atoms with E-state index in [0.717, 1.165) is 9.25 Å². The van der Waals surface area contributed by atoms with Crippen LogP contribution in [0.3, 0.4) is 0 Å². The van der Waals surface area contributed by atoms with Crippen LogP contribution >= 0.6 is 0 Å². The maximum atomic E-state index is 12.4. The highest BCUT2D eigenvalue weighted by molar-refractivity contribution is 6.10. The fraction of sp³-hybridized carbons (Fsp3) is 0.214. The molecule has 3 N–H and O–H groups in total. The zero-order valence-corrected chi connectivity index (χ0v) is 12.2. The zero-order chi connectivity index (χ0) is 16.3. The summed E-state index contributed by atoms with van der Waals surface area (Å²) in [6, 6.07) is 8.34. The third-order valence-electron chi connectivity index (χ3n) is 2.87. The van der Waals surface area contributed by atoms with Gasteiger partial charge in [0.2, 0.25) is 0 Å². The van der Waals surface area contributed by atoms with Gasteiger partial charge in [0.1, 0.15) is 0 Å². The van der Waals surface area contributed by atoms with Gasteiger partial charge in [-0.3, -0.25) is 0 Å². The predicted octanol–water partition coefficient (Wildman–Crippen LogP) is 0.0376. The number of aromatic amines is 1. The Morgan fingerprint density at radius 1 is 1.27 bits per heavy atom. The fourth-order valence-corrected chi connectivity index (χ4v) is 1.96. The Bertz CT molecular complexity index is 823. The Morgan fingerprint density at radius 2 is 1.91 bits per heavy atom. The first-order valence-electron chi connectivity index (χ1n) is 6.60. The summed E-state index contributed by atoms with van der Waals surface area (Å²) in [5, 5.41) is 2.31. The van der Waals surface area contributed by atoms with E-state index in [2.05, 4.69) is 5.10 Å². The van der Waals surface area contributed by atoms with E-state index in [-0.39, 0.29) is 18.0 Å². The van der Waals surface area contributed by atoms with Crippen molar-refractivity contribution >= 4 is 11.7 Å². The second kappa shape index (κ2) is 6.17. The number of aromatic nitrogens is 3. The van der Waals surface area contributed by atoms with Gasteiger partial charge >= 0.3 is 17.3 Å². The SMILES string of the molecule is CCOC(=O)C(=C(C)N)n1[nH]c(=O)n(-c2ccccc2)c1=O. The number of hydrogen-bond acceptors (Lipinski definition) is 5. The molecule has 0 aliphatic rings. The standard InChI is InChI=1S/C14H16N4O4/c1-3-22-12(19)11(9(2)15)18-14(21)17(13(20)16-18)10-7-5-4-6-8-10/h4-8H,3,15H2,1-2H3,(H,16,20). The van der Waals surface area contributed by atoms with Gasteiger partial charge in [-0.05, 0) is 26.0 Å². The molecular weight excluding hydrogens is 288 g/mol. The van der Waals surface area contributed by atoms with E-state index in [1.54, 1.807) is 37.3 Å². The molecule has 0 atom stereocenters. The summed E-state index contributed by atoms with van der Waals surface area (Å²) in [6.07, 6.45) is 0. The molecule has 0 saturated heterocycles. The molecule has 1 aromatic carbocycles. The van der Waals surface area contributed by atoms with Gasteiger partial charge in [0, 0.05) is 5.70 Å². The predicted molar refractivity (Wildman–Crippen MR) is 80.4 cm³/mol. The number of hydrogen-bond donors (Lipinski definition) is 2.